The van der Waals surface area contributed by atoms with Gasteiger partial charge < -0.3 is 15.8 Å². The number of carbonyl (C=O) groups is 1. The zero-order chi connectivity index (χ0) is 10.8. The monoisotopic (exact) mass is 201 g/mol. The van der Waals surface area contributed by atoms with Gasteiger partial charge in [-0.15, -0.1) is 0 Å². The van der Waals surface area contributed by atoms with Gasteiger partial charge in [0.05, 0.1) is 6.04 Å². The first-order valence-corrected chi connectivity index (χ1v) is 5.21. The molecule has 1 amide bonds. The fraction of sp³-hybridized carbons (Fsp3) is 0.900. The quantitative estimate of drug-likeness (QED) is 0.655. The van der Waals surface area contributed by atoms with Crippen molar-refractivity contribution in [1.29, 1.82) is 0 Å². The summed E-state index contributed by atoms with van der Waals surface area (Å²) in [5.41, 5.74) is 3.58. The molecule has 14 heavy (non-hydrogen) atoms. The highest BCUT2D eigenvalue weighted by Crippen LogP contribution is 2.16. The van der Waals surface area contributed by atoms with E-state index in [9.17, 15) is 4.79 Å². The average molecular weight is 201 g/mol. The molecular weight excluding hydrogens is 180 g/mol. The average Bonchev–Trinajstić information content (AvgIpc) is 2.32. The molecule has 0 radical (unpaired) electrons. The van der Waals surface area contributed by atoms with Crippen molar-refractivity contribution in [2.24, 2.45) is 0 Å². The smallest absolute Gasteiger partial charge is 0.408 e. The van der Waals surface area contributed by atoms with Gasteiger partial charge in [-0.2, -0.15) is 0 Å². The molecule has 0 unspecified atom stereocenters. The Labute approximate surface area is 85.2 Å². The Morgan fingerprint density at radius 3 is 2.50 bits per heavy atom. The molecule has 0 heterocycles. The van der Waals surface area contributed by atoms with E-state index in [1.807, 2.05) is 20.8 Å². The Kier molecular flexibility index (Phi) is 3.37. The van der Waals surface area contributed by atoms with Crippen molar-refractivity contribution < 1.29 is 15.3 Å². The van der Waals surface area contributed by atoms with Crippen molar-refractivity contribution in [3.8, 4) is 0 Å². The predicted octanol–water partition coefficient (Wildman–Crippen LogP) is 0.674. The lowest BCUT2D eigenvalue weighted by Gasteiger charge is -2.22. The summed E-state index contributed by atoms with van der Waals surface area (Å²) in [5.74, 6) is 0. The third-order valence-electron chi connectivity index (χ3n) is 2.36. The summed E-state index contributed by atoms with van der Waals surface area (Å²) in [7, 11) is 0. The Bertz CT molecular complexity index is 211. The molecule has 4 nitrogen and oxygen atoms in total. The van der Waals surface area contributed by atoms with E-state index in [0.29, 0.717) is 6.04 Å². The third-order valence-corrected chi connectivity index (χ3v) is 2.36. The molecule has 4 heteroatoms. The molecule has 1 rings (SSSR count). The lowest BCUT2D eigenvalue weighted by Crippen LogP contribution is -2.67. The standard InChI is InChI=1S/C10H20N2O2/c1-10(2,3)14-9(13)12-8-6-4-5-7(8)11/h7-8H,4-6,11H2,1-3H3,(H,12,13)/p+1/t7-,8+/m1/s1. The summed E-state index contributed by atoms with van der Waals surface area (Å²) in [6, 6.07) is 0.535. The molecule has 0 bridgehead atoms. The summed E-state index contributed by atoms with van der Waals surface area (Å²) in [6.45, 7) is 5.59. The molecule has 82 valence electrons. The normalized spacial score (nSPS) is 27.4. The van der Waals surface area contributed by atoms with Crippen LogP contribution in [0, 0.1) is 0 Å². The third kappa shape index (κ3) is 3.54. The molecule has 1 saturated carbocycles. The minimum atomic E-state index is -0.417. The maximum absolute atomic E-state index is 11.4. The first-order valence-electron chi connectivity index (χ1n) is 5.21. The zero-order valence-corrected chi connectivity index (χ0v) is 9.30. The molecule has 1 fully saturated rings. The van der Waals surface area contributed by atoms with Crippen LogP contribution in [-0.4, -0.2) is 23.8 Å². The molecule has 2 atom stereocenters. The maximum Gasteiger partial charge on any atom is 0.408 e. The number of rotatable bonds is 1. The molecule has 0 aromatic rings. The number of hydrogen-bond acceptors (Lipinski definition) is 2. The largest absolute Gasteiger partial charge is 0.444 e. The first-order chi connectivity index (χ1) is 6.38. The molecule has 0 saturated heterocycles. The van der Waals surface area contributed by atoms with Crippen molar-refractivity contribution in [1.82, 2.24) is 5.32 Å². The number of carbonyl (C=O) groups excluding carboxylic acids is 1. The highest BCUT2D eigenvalue weighted by atomic mass is 16.6. The van der Waals surface area contributed by atoms with Crippen LogP contribution in [0.2, 0.25) is 0 Å². The number of alkyl carbamates (subject to hydrolysis) is 1. The lowest BCUT2D eigenvalue weighted by molar-refractivity contribution is -0.421. The van der Waals surface area contributed by atoms with Crippen LogP contribution in [0.25, 0.3) is 0 Å². The van der Waals surface area contributed by atoms with Gasteiger partial charge in [-0.25, -0.2) is 4.79 Å². The second kappa shape index (κ2) is 4.17. The SMILES string of the molecule is CC(C)(C)OC(=O)N[C@H]1CCC[C@H]1[NH3+]. The predicted molar refractivity (Wildman–Crippen MR) is 53.7 cm³/mol. The van der Waals surface area contributed by atoms with Crippen molar-refractivity contribution >= 4 is 6.09 Å². The zero-order valence-electron chi connectivity index (χ0n) is 9.30. The van der Waals surface area contributed by atoms with Gasteiger partial charge in [0.25, 0.3) is 0 Å². The molecule has 1 aliphatic carbocycles. The second-order valence-electron chi connectivity index (χ2n) is 4.94. The van der Waals surface area contributed by atoms with Crippen molar-refractivity contribution in [2.75, 3.05) is 0 Å². The van der Waals surface area contributed by atoms with Crippen LogP contribution in [0.3, 0.4) is 0 Å². The van der Waals surface area contributed by atoms with E-state index in [0.717, 1.165) is 19.3 Å². The van der Waals surface area contributed by atoms with Gasteiger partial charge in [0.15, 0.2) is 0 Å². The molecule has 4 N–H and O–H groups in total. The van der Waals surface area contributed by atoms with Gasteiger partial charge in [0.1, 0.15) is 11.6 Å². The number of quaternary nitrogens is 1. The number of amides is 1. The molecule has 0 aromatic carbocycles. The minimum absolute atomic E-state index is 0.199. The number of hydrogen-bond donors (Lipinski definition) is 2. The van der Waals surface area contributed by atoms with Crippen LogP contribution < -0.4 is 11.1 Å². The van der Waals surface area contributed by atoms with E-state index >= 15 is 0 Å². The van der Waals surface area contributed by atoms with E-state index in [4.69, 9.17) is 4.74 Å². The van der Waals surface area contributed by atoms with Crippen LogP contribution >= 0.6 is 0 Å². The van der Waals surface area contributed by atoms with Crippen LogP contribution in [0.15, 0.2) is 0 Å². The van der Waals surface area contributed by atoms with Crippen LogP contribution in [0.5, 0.6) is 0 Å². The van der Waals surface area contributed by atoms with Gasteiger partial charge in [-0.1, -0.05) is 0 Å². The van der Waals surface area contributed by atoms with Crippen molar-refractivity contribution in [3.63, 3.8) is 0 Å². The Balaban J connectivity index is 2.33. The van der Waals surface area contributed by atoms with E-state index in [1.165, 1.54) is 0 Å². The Hall–Kier alpha value is -0.770. The van der Waals surface area contributed by atoms with Gasteiger partial charge in [-0.3, -0.25) is 0 Å². The fourth-order valence-electron chi connectivity index (χ4n) is 1.69. The van der Waals surface area contributed by atoms with Gasteiger partial charge in [0.2, 0.25) is 0 Å². The summed E-state index contributed by atoms with van der Waals surface area (Å²) < 4.78 is 5.17. The molecule has 1 aliphatic rings. The van der Waals surface area contributed by atoms with Gasteiger partial charge in [-0.05, 0) is 33.6 Å². The van der Waals surface area contributed by atoms with Crippen LogP contribution in [-0.2, 0) is 4.74 Å². The van der Waals surface area contributed by atoms with Gasteiger partial charge >= 0.3 is 6.09 Å². The van der Waals surface area contributed by atoms with E-state index in [1.54, 1.807) is 0 Å². The molecular formula is C10H21N2O2+. The minimum Gasteiger partial charge on any atom is -0.444 e. The molecule has 0 spiro atoms. The van der Waals surface area contributed by atoms with E-state index < -0.39 is 5.60 Å². The van der Waals surface area contributed by atoms with Crippen LogP contribution in [0.1, 0.15) is 40.0 Å². The number of nitrogens with one attached hydrogen (secondary N) is 1. The lowest BCUT2D eigenvalue weighted by atomic mass is 10.2. The highest BCUT2D eigenvalue weighted by Gasteiger charge is 2.29. The fourth-order valence-corrected chi connectivity index (χ4v) is 1.69. The Morgan fingerprint density at radius 1 is 1.43 bits per heavy atom. The van der Waals surface area contributed by atoms with E-state index in [-0.39, 0.29) is 12.1 Å². The Morgan fingerprint density at radius 2 is 2.07 bits per heavy atom. The summed E-state index contributed by atoms with van der Waals surface area (Å²) in [4.78, 5) is 11.4. The topological polar surface area (TPSA) is 66.0 Å². The summed E-state index contributed by atoms with van der Waals surface area (Å²) in [5, 5.41) is 2.86. The summed E-state index contributed by atoms with van der Waals surface area (Å²) >= 11 is 0. The van der Waals surface area contributed by atoms with Crippen LogP contribution in [0.4, 0.5) is 4.79 Å². The summed E-state index contributed by atoms with van der Waals surface area (Å²) in [6.07, 6.45) is 2.95. The second-order valence-corrected chi connectivity index (χ2v) is 4.94. The van der Waals surface area contributed by atoms with Crippen molar-refractivity contribution in [3.05, 3.63) is 0 Å². The molecule has 0 aliphatic heterocycles. The highest BCUT2D eigenvalue weighted by molar-refractivity contribution is 5.68. The maximum atomic E-state index is 11.4. The van der Waals surface area contributed by atoms with Crippen molar-refractivity contribution in [2.45, 2.75) is 57.7 Å². The molecule has 0 aromatic heterocycles. The van der Waals surface area contributed by atoms with Gasteiger partial charge in [0, 0.05) is 6.42 Å². The first kappa shape index (κ1) is 11.3. The number of ether oxygens (including phenoxy) is 1. The van der Waals surface area contributed by atoms with E-state index in [2.05, 4.69) is 11.1 Å².